The van der Waals surface area contributed by atoms with Crippen LogP contribution in [0, 0.1) is 5.92 Å². The molecule has 176 valence electrons. The van der Waals surface area contributed by atoms with Gasteiger partial charge in [0.2, 0.25) is 5.91 Å². The van der Waals surface area contributed by atoms with Gasteiger partial charge in [0.1, 0.15) is 11.9 Å². The predicted octanol–water partition coefficient (Wildman–Crippen LogP) is 3.49. The number of urea groups is 1. The number of carbonyl (C=O) groups is 2. The van der Waals surface area contributed by atoms with E-state index in [-0.39, 0.29) is 24.0 Å². The third-order valence-electron chi connectivity index (χ3n) is 7.08. The van der Waals surface area contributed by atoms with Crippen LogP contribution in [0.25, 0.3) is 0 Å². The summed E-state index contributed by atoms with van der Waals surface area (Å²) < 4.78 is 6.02. The summed E-state index contributed by atoms with van der Waals surface area (Å²) in [6.45, 7) is 7.87. The fraction of sp³-hybridized carbons (Fsp3) is 0.680. The molecular weight excluding hydrogens is 404 g/mol. The molecule has 7 nitrogen and oxygen atoms in total. The maximum absolute atomic E-state index is 13.3. The van der Waals surface area contributed by atoms with Crippen LogP contribution >= 0.6 is 0 Å². The Morgan fingerprint density at radius 2 is 1.75 bits per heavy atom. The van der Waals surface area contributed by atoms with Crippen LogP contribution in [0.5, 0.6) is 5.75 Å². The molecule has 3 aliphatic rings. The Bertz CT molecular complexity index is 770. The van der Waals surface area contributed by atoms with Crippen molar-refractivity contribution in [3.05, 3.63) is 24.3 Å². The molecule has 4 rings (SSSR count). The molecule has 0 bridgehead atoms. The fourth-order valence-corrected chi connectivity index (χ4v) is 5.04. The average molecular weight is 443 g/mol. The number of ether oxygens (including phenoxy) is 1. The van der Waals surface area contributed by atoms with Gasteiger partial charge in [-0.1, -0.05) is 31.9 Å². The van der Waals surface area contributed by atoms with Crippen molar-refractivity contribution in [3.63, 3.8) is 0 Å². The number of nitrogens with zero attached hydrogens (tertiary/aromatic N) is 3. The van der Waals surface area contributed by atoms with Gasteiger partial charge in [-0.25, -0.2) is 4.79 Å². The van der Waals surface area contributed by atoms with Crippen molar-refractivity contribution >= 4 is 17.6 Å². The first-order valence-corrected chi connectivity index (χ1v) is 12.5. The van der Waals surface area contributed by atoms with Crippen LogP contribution in [0.1, 0.15) is 51.9 Å². The van der Waals surface area contributed by atoms with Crippen molar-refractivity contribution in [1.82, 2.24) is 15.1 Å². The molecule has 1 atom stereocenters. The van der Waals surface area contributed by atoms with Gasteiger partial charge in [0.25, 0.3) is 0 Å². The molecule has 1 N–H and O–H groups in total. The normalized spacial score (nSPS) is 22.6. The standard InChI is InChI=1S/C25H38N4O3/c1-2-21-19-29(22-9-5-6-10-23(22)32-21)25(31)28-16-11-20(12-17-28)24(30)26-13-18-27-14-7-3-4-8-15-27/h5-6,9-10,20-21H,2-4,7-8,11-19H2,1H3,(H,26,30). The lowest BCUT2D eigenvalue weighted by Crippen LogP contribution is -2.52. The van der Waals surface area contributed by atoms with Gasteiger partial charge in [0, 0.05) is 32.1 Å². The fourth-order valence-electron chi connectivity index (χ4n) is 5.04. The second-order valence-corrected chi connectivity index (χ2v) is 9.32. The Hall–Kier alpha value is -2.28. The zero-order chi connectivity index (χ0) is 22.3. The Balaban J connectivity index is 1.25. The summed E-state index contributed by atoms with van der Waals surface area (Å²) in [4.78, 5) is 32.2. The van der Waals surface area contributed by atoms with Crippen LogP contribution in [0.3, 0.4) is 0 Å². The molecule has 2 fully saturated rings. The lowest BCUT2D eigenvalue weighted by molar-refractivity contribution is -0.126. The van der Waals surface area contributed by atoms with E-state index in [1.165, 1.54) is 25.7 Å². The number of hydrogen-bond donors (Lipinski definition) is 1. The van der Waals surface area contributed by atoms with E-state index in [9.17, 15) is 9.59 Å². The molecular formula is C25H38N4O3. The van der Waals surface area contributed by atoms with Gasteiger partial charge in [0.15, 0.2) is 0 Å². The summed E-state index contributed by atoms with van der Waals surface area (Å²) >= 11 is 0. The molecule has 0 radical (unpaired) electrons. The van der Waals surface area contributed by atoms with Crippen molar-refractivity contribution in [2.75, 3.05) is 50.7 Å². The quantitative estimate of drug-likeness (QED) is 0.758. The van der Waals surface area contributed by atoms with Crippen LogP contribution < -0.4 is 15.0 Å². The number of amides is 3. The molecule has 1 aromatic rings. The van der Waals surface area contributed by atoms with E-state index >= 15 is 0 Å². The highest BCUT2D eigenvalue weighted by atomic mass is 16.5. The number of rotatable bonds is 5. The Kier molecular flexibility index (Phi) is 7.90. The average Bonchev–Trinajstić information content (AvgIpc) is 3.12. The highest BCUT2D eigenvalue weighted by Gasteiger charge is 2.34. The van der Waals surface area contributed by atoms with Crippen molar-refractivity contribution in [3.8, 4) is 5.75 Å². The first kappa shape index (κ1) is 22.9. The van der Waals surface area contributed by atoms with Crippen molar-refractivity contribution < 1.29 is 14.3 Å². The van der Waals surface area contributed by atoms with Crippen LogP contribution in [0.15, 0.2) is 24.3 Å². The third-order valence-corrected chi connectivity index (χ3v) is 7.08. The van der Waals surface area contributed by atoms with E-state index in [0.717, 1.165) is 56.9 Å². The zero-order valence-corrected chi connectivity index (χ0v) is 19.4. The lowest BCUT2D eigenvalue weighted by atomic mass is 9.96. The lowest BCUT2D eigenvalue weighted by Gasteiger charge is -2.39. The molecule has 0 aliphatic carbocycles. The molecule has 0 saturated carbocycles. The minimum absolute atomic E-state index is 0.00329. The molecule has 1 unspecified atom stereocenters. The van der Waals surface area contributed by atoms with E-state index < -0.39 is 0 Å². The molecule has 32 heavy (non-hydrogen) atoms. The maximum Gasteiger partial charge on any atom is 0.324 e. The second kappa shape index (κ2) is 11.0. The summed E-state index contributed by atoms with van der Waals surface area (Å²) in [5.74, 6) is 0.927. The van der Waals surface area contributed by atoms with Crippen LogP contribution in [-0.4, -0.2) is 73.7 Å². The van der Waals surface area contributed by atoms with E-state index in [2.05, 4.69) is 17.1 Å². The Labute approximate surface area is 192 Å². The summed E-state index contributed by atoms with van der Waals surface area (Å²) in [5.41, 5.74) is 0.843. The monoisotopic (exact) mass is 442 g/mol. The van der Waals surface area contributed by atoms with E-state index in [1.54, 1.807) is 0 Å². The number of anilines is 1. The number of carbonyl (C=O) groups excluding carboxylic acids is 2. The Morgan fingerprint density at radius 1 is 1.03 bits per heavy atom. The molecule has 0 aromatic heterocycles. The molecule has 1 aromatic carbocycles. The highest BCUT2D eigenvalue weighted by Crippen LogP contribution is 2.35. The molecule has 3 aliphatic heterocycles. The molecule has 2 saturated heterocycles. The molecule has 3 amide bonds. The molecule has 3 heterocycles. The van der Waals surface area contributed by atoms with Gasteiger partial charge in [-0.05, 0) is 57.3 Å². The molecule has 0 spiro atoms. The van der Waals surface area contributed by atoms with Crippen molar-refractivity contribution in [2.45, 2.75) is 58.0 Å². The van der Waals surface area contributed by atoms with Crippen LogP contribution in [0.4, 0.5) is 10.5 Å². The maximum atomic E-state index is 13.3. The summed E-state index contributed by atoms with van der Waals surface area (Å²) in [5, 5.41) is 3.14. The number of nitrogens with one attached hydrogen (secondary N) is 1. The van der Waals surface area contributed by atoms with Gasteiger partial charge in [-0.3, -0.25) is 9.69 Å². The largest absolute Gasteiger partial charge is 0.486 e. The number of para-hydroxylation sites is 2. The summed E-state index contributed by atoms with van der Waals surface area (Å²) in [7, 11) is 0. The topological polar surface area (TPSA) is 65.1 Å². The van der Waals surface area contributed by atoms with Gasteiger partial charge in [-0.2, -0.15) is 0 Å². The third kappa shape index (κ3) is 5.55. The number of fused-ring (bicyclic) bond motifs is 1. The van der Waals surface area contributed by atoms with E-state index in [0.29, 0.717) is 19.6 Å². The highest BCUT2D eigenvalue weighted by molar-refractivity contribution is 5.94. The van der Waals surface area contributed by atoms with E-state index in [1.807, 2.05) is 34.1 Å². The summed E-state index contributed by atoms with van der Waals surface area (Å²) in [6, 6.07) is 7.79. The van der Waals surface area contributed by atoms with Crippen molar-refractivity contribution in [1.29, 1.82) is 0 Å². The number of hydrogen-bond acceptors (Lipinski definition) is 4. The second-order valence-electron chi connectivity index (χ2n) is 9.32. The minimum atomic E-state index is 0.00329. The Morgan fingerprint density at radius 3 is 2.47 bits per heavy atom. The van der Waals surface area contributed by atoms with E-state index in [4.69, 9.17) is 4.74 Å². The minimum Gasteiger partial charge on any atom is -0.486 e. The first-order chi connectivity index (χ1) is 15.7. The first-order valence-electron chi connectivity index (χ1n) is 12.5. The van der Waals surface area contributed by atoms with Gasteiger partial charge in [0.05, 0.1) is 12.2 Å². The number of likely N-dealkylation sites (tertiary alicyclic amines) is 2. The molecule has 7 heteroatoms. The van der Waals surface area contributed by atoms with Gasteiger partial charge >= 0.3 is 6.03 Å². The van der Waals surface area contributed by atoms with Gasteiger partial charge in [-0.15, -0.1) is 0 Å². The zero-order valence-electron chi connectivity index (χ0n) is 19.4. The SMILES string of the molecule is CCC1CN(C(=O)N2CCC(C(=O)NCCN3CCCCCC3)CC2)c2ccccc2O1. The summed E-state index contributed by atoms with van der Waals surface area (Å²) in [6.07, 6.45) is 7.53. The van der Waals surface area contributed by atoms with Crippen molar-refractivity contribution in [2.24, 2.45) is 5.92 Å². The van der Waals surface area contributed by atoms with Crippen LogP contribution in [-0.2, 0) is 4.79 Å². The van der Waals surface area contributed by atoms with Gasteiger partial charge < -0.3 is 19.9 Å². The van der Waals surface area contributed by atoms with Crippen LogP contribution in [0.2, 0.25) is 0 Å². The smallest absolute Gasteiger partial charge is 0.324 e. The number of piperidine rings is 1. The predicted molar refractivity (Wildman–Crippen MR) is 126 cm³/mol. The number of benzene rings is 1.